The molecule has 0 fully saturated rings. The van der Waals surface area contributed by atoms with Crippen LogP contribution in [0.1, 0.15) is 16.1 Å². The average molecular weight is 309 g/mol. The molecule has 0 aliphatic heterocycles. The van der Waals surface area contributed by atoms with Gasteiger partial charge in [-0.25, -0.2) is 9.48 Å². The third kappa shape index (κ3) is 2.33. The van der Waals surface area contributed by atoms with Crippen LogP contribution in [-0.2, 0) is 0 Å². The van der Waals surface area contributed by atoms with E-state index >= 15 is 0 Å². The van der Waals surface area contributed by atoms with Gasteiger partial charge in [0.05, 0.1) is 5.69 Å². The Kier molecular flexibility index (Phi) is 3.29. The fourth-order valence-corrected chi connectivity index (χ4v) is 2.16. The molecule has 0 amide bonds. The molecule has 0 atom stereocenters. The molecule has 0 aliphatic rings. The summed E-state index contributed by atoms with van der Waals surface area (Å²) in [4.78, 5) is 22.2. The van der Waals surface area contributed by atoms with E-state index in [1.54, 1.807) is 6.07 Å². The quantitative estimate of drug-likeness (QED) is 0.921. The normalized spacial score (nSPS) is 10.3. The highest BCUT2D eigenvalue weighted by Crippen LogP contribution is 2.21. The molecule has 2 aromatic rings. The van der Waals surface area contributed by atoms with Crippen molar-refractivity contribution in [2.24, 2.45) is 0 Å². The van der Waals surface area contributed by atoms with E-state index in [4.69, 9.17) is 5.11 Å². The number of rotatable bonds is 2. The van der Waals surface area contributed by atoms with Crippen molar-refractivity contribution in [2.45, 2.75) is 6.92 Å². The summed E-state index contributed by atoms with van der Waals surface area (Å²) in [6.07, 6.45) is 1.43. The maximum absolute atomic E-state index is 11.3. The van der Waals surface area contributed by atoms with Gasteiger partial charge in [0, 0.05) is 16.7 Å². The standard InChI is InChI=1S/C12H9BrN2O3/c1-7-2-3-9(8(13)6-7)15-5-4-10(16)11(14-15)12(17)18/h2-6H,1H3,(H,17,18). The fourth-order valence-electron chi connectivity index (χ4n) is 1.49. The smallest absolute Gasteiger partial charge is 0.360 e. The average Bonchev–Trinajstić information content (AvgIpc) is 2.30. The second kappa shape index (κ2) is 4.73. The number of benzene rings is 1. The zero-order chi connectivity index (χ0) is 13.3. The molecule has 18 heavy (non-hydrogen) atoms. The van der Waals surface area contributed by atoms with Crippen LogP contribution in [0.4, 0.5) is 0 Å². The first-order valence-corrected chi connectivity index (χ1v) is 5.88. The largest absolute Gasteiger partial charge is 0.476 e. The zero-order valence-corrected chi connectivity index (χ0v) is 11.0. The molecule has 1 aromatic carbocycles. The van der Waals surface area contributed by atoms with Gasteiger partial charge in [-0.05, 0) is 40.5 Å². The topological polar surface area (TPSA) is 72.2 Å². The molecular weight excluding hydrogens is 300 g/mol. The summed E-state index contributed by atoms with van der Waals surface area (Å²) in [6.45, 7) is 1.94. The number of carboxylic acid groups (broad SMARTS) is 1. The van der Waals surface area contributed by atoms with Gasteiger partial charge >= 0.3 is 5.97 Å². The molecule has 2 rings (SSSR count). The third-order valence-electron chi connectivity index (χ3n) is 2.36. The maximum atomic E-state index is 11.3. The Hall–Kier alpha value is -1.95. The molecule has 1 aromatic heterocycles. The van der Waals surface area contributed by atoms with Crippen LogP contribution in [0.5, 0.6) is 0 Å². The number of hydrogen-bond acceptors (Lipinski definition) is 3. The van der Waals surface area contributed by atoms with Crippen LogP contribution >= 0.6 is 15.9 Å². The Labute approximate surface area is 111 Å². The van der Waals surface area contributed by atoms with E-state index in [9.17, 15) is 9.59 Å². The first-order chi connectivity index (χ1) is 8.49. The Bertz CT molecular complexity index is 679. The molecule has 1 heterocycles. The summed E-state index contributed by atoms with van der Waals surface area (Å²) in [5, 5.41) is 12.7. The molecular formula is C12H9BrN2O3. The lowest BCUT2D eigenvalue weighted by Crippen LogP contribution is -2.20. The molecule has 0 saturated carbocycles. The molecule has 0 saturated heterocycles. The maximum Gasteiger partial charge on any atom is 0.360 e. The highest BCUT2D eigenvalue weighted by molar-refractivity contribution is 9.10. The Morgan fingerprint density at radius 2 is 2.11 bits per heavy atom. The lowest BCUT2D eigenvalue weighted by atomic mass is 10.2. The van der Waals surface area contributed by atoms with Crippen molar-refractivity contribution in [3.63, 3.8) is 0 Å². The van der Waals surface area contributed by atoms with Crippen molar-refractivity contribution in [3.8, 4) is 5.69 Å². The third-order valence-corrected chi connectivity index (χ3v) is 3.00. The first-order valence-electron chi connectivity index (χ1n) is 5.09. The summed E-state index contributed by atoms with van der Waals surface area (Å²) in [7, 11) is 0. The van der Waals surface area contributed by atoms with Gasteiger partial charge in [0.15, 0.2) is 0 Å². The summed E-state index contributed by atoms with van der Waals surface area (Å²) in [6, 6.07) is 6.74. The number of aromatic nitrogens is 2. The lowest BCUT2D eigenvalue weighted by molar-refractivity contribution is 0.0687. The Morgan fingerprint density at radius 3 is 2.72 bits per heavy atom. The predicted octanol–water partition coefficient (Wildman–Crippen LogP) is 2.00. The molecule has 1 N–H and O–H groups in total. The fraction of sp³-hybridized carbons (Fsp3) is 0.0833. The number of hydrogen-bond donors (Lipinski definition) is 1. The second-order valence-electron chi connectivity index (χ2n) is 3.73. The number of halogens is 1. The molecule has 0 radical (unpaired) electrons. The van der Waals surface area contributed by atoms with Gasteiger partial charge in [-0.15, -0.1) is 0 Å². The minimum atomic E-state index is -1.34. The van der Waals surface area contributed by atoms with Gasteiger partial charge in [-0.1, -0.05) is 6.07 Å². The van der Waals surface area contributed by atoms with Crippen molar-refractivity contribution in [3.05, 3.63) is 56.4 Å². The van der Waals surface area contributed by atoms with Crippen molar-refractivity contribution in [1.29, 1.82) is 0 Å². The number of carboxylic acids is 1. The number of aromatic carboxylic acids is 1. The van der Waals surface area contributed by atoms with E-state index in [1.165, 1.54) is 16.9 Å². The van der Waals surface area contributed by atoms with Crippen molar-refractivity contribution in [2.75, 3.05) is 0 Å². The zero-order valence-electron chi connectivity index (χ0n) is 9.42. The molecule has 5 nitrogen and oxygen atoms in total. The highest BCUT2D eigenvalue weighted by atomic mass is 79.9. The summed E-state index contributed by atoms with van der Waals surface area (Å²) in [5.74, 6) is -1.34. The number of nitrogens with zero attached hydrogens (tertiary/aromatic N) is 2. The monoisotopic (exact) mass is 308 g/mol. The molecule has 92 valence electrons. The SMILES string of the molecule is Cc1ccc(-n2ccc(=O)c(C(=O)O)n2)c(Br)c1. The van der Waals surface area contributed by atoms with E-state index in [-0.39, 0.29) is 0 Å². The minimum Gasteiger partial charge on any atom is -0.476 e. The molecule has 0 bridgehead atoms. The van der Waals surface area contributed by atoms with Gasteiger partial charge < -0.3 is 5.11 Å². The van der Waals surface area contributed by atoms with Gasteiger partial charge in [0.2, 0.25) is 11.1 Å². The molecule has 0 unspecified atom stereocenters. The van der Waals surface area contributed by atoms with E-state index < -0.39 is 17.1 Å². The van der Waals surface area contributed by atoms with E-state index in [0.29, 0.717) is 5.69 Å². The molecule has 0 spiro atoms. The van der Waals surface area contributed by atoms with Gasteiger partial charge in [-0.3, -0.25) is 4.79 Å². The van der Waals surface area contributed by atoms with Crippen LogP contribution in [0.3, 0.4) is 0 Å². The number of carbonyl (C=O) groups is 1. The van der Waals surface area contributed by atoms with Crippen LogP contribution in [0.15, 0.2) is 39.7 Å². The van der Waals surface area contributed by atoms with Gasteiger partial charge in [-0.2, -0.15) is 5.10 Å². The van der Waals surface area contributed by atoms with Crippen LogP contribution in [0.25, 0.3) is 5.69 Å². The number of aryl methyl sites for hydroxylation is 1. The van der Waals surface area contributed by atoms with Gasteiger partial charge in [0.1, 0.15) is 0 Å². The minimum absolute atomic E-state index is 0.495. The second-order valence-corrected chi connectivity index (χ2v) is 4.59. The van der Waals surface area contributed by atoms with Crippen molar-refractivity contribution < 1.29 is 9.90 Å². The van der Waals surface area contributed by atoms with Crippen LogP contribution in [0.2, 0.25) is 0 Å². The van der Waals surface area contributed by atoms with E-state index in [2.05, 4.69) is 21.0 Å². The summed E-state index contributed by atoms with van der Waals surface area (Å²) < 4.78 is 2.13. The Balaban J connectivity index is 2.61. The predicted molar refractivity (Wildman–Crippen MR) is 69.2 cm³/mol. The summed E-state index contributed by atoms with van der Waals surface area (Å²) in [5.41, 5.74) is 0.625. The molecule has 6 heteroatoms. The van der Waals surface area contributed by atoms with Crippen LogP contribution < -0.4 is 5.43 Å². The first kappa shape index (κ1) is 12.5. The lowest BCUT2D eigenvalue weighted by Gasteiger charge is -2.08. The Morgan fingerprint density at radius 1 is 1.39 bits per heavy atom. The van der Waals surface area contributed by atoms with Crippen LogP contribution in [-0.4, -0.2) is 20.9 Å². The van der Waals surface area contributed by atoms with Gasteiger partial charge in [0.25, 0.3) is 0 Å². The van der Waals surface area contributed by atoms with E-state index in [0.717, 1.165) is 10.0 Å². The molecule has 0 aliphatic carbocycles. The van der Waals surface area contributed by atoms with E-state index in [1.807, 2.05) is 19.1 Å². The van der Waals surface area contributed by atoms with Crippen LogP contribution in [0, 0.1) is 6.92 Å². The summed E-state index contributed by atoms with van der Waals surface area (Å²) >= 11 is 3.38. The van der Waals surface area contributed by atoms with Crippen molar-refractivity contribution in [1.82, 2.24) is 9.78 Å². The highest BCUT2D eigenvalue weighted by Gasteiger charge is 2.12. The van der Waals surface area contributed by atoms with Crippen molar-refractivity contribution >= 4 is 21.9 Å².